The number of anilines is 1. The Labute approximate surface area is 120 Å². The van der Waals surface area contributed by atoms with Gasteiger partial charge in [0.2, 0.25) is 5.91 Å². The number of benzene rings is 1. The van der Waals surface area contributed by atoms with E-state index in [1.54, 1.807) is 18.2 Å². The molecule has 1 N–H and O–H groups in total. The smallest absolute Gasteiger partial charge is 0.243 e. The maximum Gasteiger partial charge on any atom is 0.243 e. The summed E-state index contributed by atoms with van der Waals surface area (Å²) in [5.41, 5.74) is 0.786. The Bertz CT molecular complexity index is 647. The number of fused-ring (bicyclic) bond motifs is 1. The van der Waals surface area contributed by atoms with Crippen LogP contribution in [0.5, 0.6) is 0 Å². The number of aromatic nitrogens is 1. The van der Waals surface area contributed by atoms with Crippen LogP contribution in [0.4, 0.5) is 5.13 Å². The Kier molecular flexibility index (Phi) is 4.35. The van der Waals surface area contributed by atoms with Gasteiger partial charge in [-0.3, -0.25) is 4.79 Å². The summed E-state index contributed by atoms with van der Waals surface area (Å²) in [5.74, 6) is -0.921. The molecule has 4 nitrogen and oxygen atoms in total. The molecular formula is C13H12ClN3OS. The van der Waals surface area contributed by atoms with Crippen molar-refractivity contribution in [3.63, 3.8) is 0 Å². The van der Waals surface area contributed by atoms with Crippen LogP contribution in [0.2, 0.25) is 5.02 Å². The molecule has 0 bridgehead atoms. The van der Waals surface area contributed by atoms with Gasteiger partial charge in [-0.1, -0.05) is 36.3 Å². The Balaban J connectivity index is 2.17. The number of nitrogens with one attached hydrogen (secondary N) is 1. The summed E-state index contributed by atoms with van der Waals surface area (Å²) >= 11 is 7.25. The first kappa shape index (κ1) is 13.8. The average molecular weight is 294 g/mol. The van der Waals surface area contributed by atoms with Gasteiger partial charge in [0.15, 0.2) is 5.13 Å². The molecule has 0 saturated carbocycles. The van der Waals surface area contributed by atoms with E-state index in [0.717, 1.165) is 16.6 Å². The van der Waals surface area contributed by atoms with Crippen molar-refractivity contribution in [1.29, 1.82) is 5.26 Å². The molecule has 1 aromatic carbocycles. The van der Waals surface area contributed by atoms with Gasteiger partial charge in [-0.25, -0.2) is 4.98 Å². The van der Waals surface area contributed by atoms with Crippen molar-refractivity contribution in [1.82, 2.24) is 4.98 Å². The van der Waals surface area contributed by atoms with Crippen LogP contribution in [0.1, 0.15) is 19.8 Å². The SMILES string of the molecule is CCCC(C#N)C(=O)Nc1nc2ccc(Cl)cc2s1. The lowest BCUT2D eigenvalue weighted by atomic mass is 10.1. The Hall–Kier alpha value is -1.64. The van der Waals surface area contributed by atoms with E-state index in [0.29, 0.717) is 16.6 Å². The summed E-state index contributed by atoms with van der Waals surface area (Å²) in [6.07, 6.45) is 1.35. The van der Waals surface area contributed by atoms with Crippen molar-refractivity contribution in [3.05, 3.63) is 23.2 Å². The van der Waals surface area contributed by atoms with Crippen LogP contribution in [0, 0.1) is 17.2 Å². The highest BCUT2D eigenvalue weighted by atomic mass is 35.5. The predicted octanol–water partition coefficient (Wildman–Crippen LogP) is 3.83. The number of amides is 1. The summed E-state index contributed by atoms with van der Waals surface area (Å²) in [5, 5.41) is 12.8. The third-order valence-corrected chi connectivity index (χ3v) is 3.80. The topological polar surface area (TPSA) is 65.8 Å². The number of hydrogen-bond acceptors (Lipinski definition) is 4. The molecule has 0 fully saturated rings. The molecule has 1 heterocycles. The van der Waals surface area contributed by atoms with Gasteiger partial charge in [-0.05, 0) is 24.6 Å². The minimum absolute atomic E-state index is 0.297. The summed E-state index contributed by atoms with van der Waals surface area (Å²) in [6.45, 7) is 1.94. The molecule has 2 rings (SSSR count). The fourth-order valence-electron chi connectivity index (χ4n) is 1.69. The molecule has 0 saturated heterocycles. The quantitative estimate of drug-likeness (QED) is 0.931. The molecule has 0 spiro atoms. The van der Waals surface area contributed by atoms with E-state index in [4.69, 9.17) is 16.9 Å². The third-order valence-electron chi connectivity index (χ3n) is 2.63. The van der Waals surface area contributed by atoms with Crippen LogP contribution >= 0.6 is 22.9 Å². The molecule has 1 atom stereocenters. The van der Waals surface area contributed by atoms with Gasteiger partial charge < -0.3 is 5.32 Å². The van der Waals surface area contributed by atoms with Crippen LogP contribution in [0.15, 0.2) is 18.2 Å². The second kappa shape index (κ2) is 6.00. The molecule has 0 radical (unpaired) electrons. The van der Waals surface area contributed by atoms with E-state index >= 15 is 0 Å². The van der Waals surface area contributed by atoms with Crippen molar-refractivity contribution in [2.24, 2.45) is 5.92 Å². The number of rotatable bonds is 4. The van der Waals surface area contributed by atoms with Crippen LogP contribution in [-0.4, -0.2) is 10.9 Å². The first-order chi connectivity index (χ1) is 9.13. The van der Waals surface area contributed by atoms with E-state index in [1.807, 2.05) is 13.0 Å². The monoisotopic (exact) mass is 293 g/mol. The highest BCUT2D eigenvalue weighted by Crippen LogP contribution is 2.28. The number of nitriles is 1. The number of carbonyl (C=O) groups is 1. The van der Waals surface area contributed by atoms with E-state index < -0.39 is 5.92 Å². The molecule has 0 aliphatic heterocycles. The normalized spacial score (nSPS) is 12.1. The largest absolute Gasteiger partial charge is 0.301 e. The van der Waals surface area contributed by atoms with Gasteiger partial charge in [0, 0.05) is 5.02 Å². The van der Waals surface area contributed by atoms with Crippen molar-refractivity contribution in [2.75, 3.05) is 5.32 Å². The number of halogens is 1. The predicted molar refractivity (Wildman–Crippen MR) is 77.3 cm³/mol. The maximum atomic E-state index is 11.9. The second-order valence-electron chi connectivity index (χ2n) is 4.09. The Morgan fingerprint density at radius 1 is 1.63 bits per heavy atom. The van der Waals surface area contributed by atoms with Gasteiger partial charge in [-0.2, -0.15) is 5.26 Å². The summed E-state index contributed by atoms with van der Waals surface area (Å²) in [4.78, 5) is 16.2. The van der Waals surface area contributed by atoms with Crippen LogP contribution in [0.3, 0.4) is 0 Å². The molecule has 1 aromatic heterocycles. The van der Waals surface area contributed by atoms with E-state index in [-0.39, 0.29) is 5.91 Å². The van der Waals surface area contributed by atoms with Crippen molar-refractivity contribution in [2.45, 2.75) is 19.8 Å². The number of hydrogen-bond donors (Lipinski definition) is 1. The van der Waals surface area contributed by atoms with Gasteiger partial charge in [0.05, 0.1) is 16.3 Å². The van der Waals surface area contributed by atoms with E-state index in [1.165, 1.54) is 11.3 Å². The standard InChI is InChI=1S/C13H12ClN3OS/c1-2-3-8(7-15)12(18)17-13-16-10-5-4-9(14)6-11(10)19-13/h4-6,8H,2-3H2,1H3,(H,16,17,18). The van der Waals surface area contributed by atoms with Crippen molar-refractivity contribution < 1.29 is 4.79 Å². The van der Waals surface area contributed by atoms with Gasteiger partial charge in [0.25, 0.3) is 0 Å². The maximum absolute atomic E-state index is 11.9. The lowest BCUT2D eigenvalue weighted by Gasteiger charge is -2.05. The van der Waals surface area contributed by atoms with Crippen molar-refractivity contribution in [3.8, 4) is 6.07 Å². The van der Waals surface area contributed by atoms with Crippen molar-refractivity contribution >= 4 is 44.2 Å². The van der Waals surface area contributed by atoms with E-state index in [9.17, 15) is 4.79 Å². The summed E-state index contributed by atoms with van der Waals surface area (Å²) in [6, 6.07) is 7.37. The molecule has 1 unspecified atom stereocenters. The van der Waals surface area contributed by atoms with Gasteiger partial charge >= 0.3 is 0 Å². The molecule has 98 valence electrons. The van der Waals surface area contributed by atoms with Gasteiger partial charge in [-0.15, -0.1) is 0 Å². The zero-order valence-corrected chi connectivity index (χ0v) is 11.9. The molecule has 6 heteroatoms. The van der Waals surface area contributed by atoms with Crippen LogP contribution in [-0.2, 0) is 4.79 Å². The lowest BCUT2D eigenvalue weighted by molar-refractivity contribution is -0.118. The molecule has 2 aromatic rings. The zero-order valence-electron chi connectivity index (χ0n) is 10.3. The number of carbonyl (C=O) groups excluding carboxylic acids is 1. The molecule has 19 heavy (non-hydrogen) atoms. The highest BCUT2D eigenvalue weighted by molar-refractivity contribution is 7.22. The minimum atomic E-state index is -0.624. The molecule has 1 amide bonds. The molecule has 0 aliphatic rings. The highest BCUT2D eigenvalue weighted by Gasteiger charge is 2.18. The van der Waals surface area contributed by atoms with Gasteiger partial charge in [0.1, 0.15) is 5.92 Å². The first-order valence-corrected chi connectivity index (χ1v) is 7.10. The second-order valence-corrected chi connectivity index (χ2v) is 5.56. The fourth-order valence-corrected chi connectivity index (χ4v) is 2.83. The van der Waals surface area contributed by atoms with E-state index in [2.05, 4.69) is 10.3 Å². The molecule has 0 aliphatic carbocycles. The Morgan fingerprint density at radius 3 is 3.11 bits per heavy atom. The summed E-state index contributed by atoms with van der Waals surface area (Å²) in [7, 11) is 0. The van der Waals surface area contributed by atoms with Crippen LogP contribution in [0.25, 0.3) is 10.2 Å². The lowest BCUT2D eigenvalue weighted by Crippen LogP contribution is -2.21. The first-order valence-electron chi connectivity index (χ1n) is 5.90. The average Bonchev–Trinajstić information content (AvgIpc) is 2.76. The third kappa shape index (κ3) is 3.22. The molecular weight excluding hydrogens is 282 g/mol. The fraction of sp³-hybridized carbons (Fsp3) is 0.308. The minimum Gasteiger partial charge on any atom is -0.301 e. The number of thiazole rings is 1. The Morgan fingerprint density at radius 2 is 2.42 bits per heavy atom. The van der Waals surface area contributed by atoms with Crippen LogP contribution < -0.4 is 5.32 Å². The zero-order chi connectivity index (χ0) is 13.8. The summed E-state index contributed by atoms with van der Waals surface area (Å²) < 4.78 is 0.909. The number of nitrogens with zero attached hydrogens (tertiary/aromatic N) is 2.